The molecule has 6 nitrogen and oxygen atoms in total. The first-order valence-corrected chi connectivity index (χ1v) is 12.0. The molecule has 3 heterocycles. The number of benzene rings is 1. The van der Waals surface area contributed by atoms with Gasteiger partial charge in [0.1, 0.15) is 0 Å². The quantitative estimate of drug-likeness (QED) is 0.695. The van der Waals surface area contributed by atoms with Gasteiger partial charge >= 0.3 is 0 Å². The summed E-state index contributed by atoms with van der Waals surface area (Å²) in [6.07, 6.45) is 13.0. The second-order valence-electron chi connectivity index (χ2n) is 9.97. The minimum atomic E-state index is -0.716. The van der Waals surface area contributed by atoms with Gasteiger partial charge < -0.3 is 0 Å². The summed E-state index contributed by atoms with van der Waals surface area (Å²) in [7, 11) is 0. The maximum Gasteiger partial charge on any atom is 0.230 e. The van der Waals surface area contributed by atoms with Crippen LogP contribution in [0.4, 0.5) is 0 Å². The maximum absolute atomic E-state index is 13.2. The zero-order valence-corrected chi connectivity index (χ0v) is 18.9. The van der Waals surface area contributed by atoms with Gasteiger partial charge in [-0.25, -0.2) is 0 Å². The lowest BCUT2D eigenvalue weighted by Gasteiger charge is -2.43. The summed E-state index contributed by atoms with van der Waals surface area (Å²) in [5, 5.41) is 2.45. The fourth-order valence-corrected chi connectivity index (χ4v) is 6.29. The number of ketones is 1. The number of hydrogen-bond donors (Lipinski definition) is 1. The Morgan fingerprint density at radius 2 is 1.85 bits per heavy atom. The predicted octanol–water partition coefficient (Wildman–Crippen LogP) is 3.14. The van der Waals surface area contributed by atoms with Crippen molar-refractivity contribution in [1.29, 1.82) is 0 Å². The number of rotatable bonds is 5. The standard InChI is InChI=1S/C28H27N3O3/c32-23-10-11-24-28(26(23)20-9-12-25(33)30-27(20)34)13-5-4-8-21(28)22(29-24)14-19-16-31(17-19)15-18-6-2-1-3-7-18/h1-8,10-11,13,19-20,26H,9,12,14-17H2,(H,30,33,34). The Labute approximate surface area is 198 Å². The lowest BCUT2D eigenvalue weighted by Crippen LogP contribution is -2.53. The van der Waals surface area contributed by atoms with Gasteiger partial charge in [0.2, 0.25) is 11.8 Å². The van der Waals surface area contributed by atoms with Crippen LogP contribution in [0.2, 0.25) is 0 Å². The van der Waals surface area contributed by atoms with Gasteiger partial charge in [0, 0.05) is 31.8 Å². The number of imide groups is 1. The van der Waals surface area contributed by atoms with E-state index >= 15 is 0 Å². The molecule has 34 heavy (non-hydrogen) atoms. The molecule has 2 fully saturated rings. The number of carbonyl (C=O) groups is 3. The minimum Gasteiger partial charge on any atom is -0.298 e. The third-order valence-electron chi connectivity index (χ3n) is 7.82. The Balaban J connectivity index is 1.26. The normalized spacial score (nSPS) is 30.7. The summed E-state index contributed by atoms with van der Waals surface area (Å²) in [6, 6.07) is 10.5. The number of nitrogens with one attached hydrogen (secondary N) is 1. The average molecular weight is 454 g/mol. The second-order valence-corrected chi connectivity index (χ2v) is 9.97. The molecule has 2 aliphatic carbocycles. The highest BCUT2D eigenvalue weighted by Crippen LogP contribution is 2.54. The molecule has 3 aliphatic heterocycles. The van der Waals surface area contributed by atoms with Crippen LogP contribution in [0.1, 0.15) is 24.8 Å². The van der Waals surface area contributed by atoms with Gasteiger partial charge in [-0.05, 0) is 42.0 Å². The van der Waals surface area contributed by atoms with Gasteiger partial charge in [0.05, 0.1) is 23.0 Å². The van der Waals surface area contributed by atoms with Gasteiger partial charge in [-0.15, -0.1) is 0 Å². The first kappa shape index (κ1) is 21.2. The molecule has 3 unspecified atom stereocenters. The van der Waals surface area contributed by atoms with E-state index in [1.165, 1.54) is 5.56 Å². The zero-order valence-electron chi connectivity index (χ0n) is 18.9. The number of carbonyl (C=O) groups excluding carboxylic acids is 3. The average Bonchev–Trinajstić information content (AvgIpc) is 3.13. The maximum atomic E-state index is 13.2. The van der Waals surface area contributed by atoms with Crippen molar-refractivity contribution in [3.8, 4) is 0 Å². The Morgan fingerprint density at radius 1 is 1.03 bits per heavy atom. The van der Waals surface area contributed by atoms with Crippen LogP contribution in [0.3, 0.4) is 0 Å². The van der Waals surface area contributed by atoms with Crippen molar-refractivity contribution in [3.63, 3.8) is 0 Å². The summed E-state index contributed by atoms with van der Waals surface area (Å²) < 4.78 is 0. The first-order valence-electron chi connectivity index (χ1n) is 12.0. The van der Waals surface area contributed by atoms with E-state index in [9.17, 15) is 14.4 Å². The largest absolute Gasteiger partial charge is 0.298 e. The van der Waals surface area contributed by atoms with Gasteiger partial charge in [0.15, 0.2) is 5.78 Å². The van der Waals surface area contributed by atoms with Crippen LogP contribution >= 0.6 is 0 Å². The lowest BCUT2D eigenvalue weighted by atomic mass is 9.57. The summed E-state index contributed by atoms with van der Waals surface area (Å²) in [5.74, 6) is -1.28. The highest BCUT2D eigenvalue weighted by Gasteiger charge is 2.56. The molecule has 0 aromatic heterocycles. The molecule has 0 radical (unpaired) electrons. The van der Waals surface area contributed by atoms with Gasteiger partial charge in [0.25, 0.3) is 0 Å². The molecule has 0 bridgehead atoms. The Hall–Kier alpha value is -3.38. The first-order chi connectivity index (χ1) is 16.5. The highest BCUT2D eigenvalue weighted by atomic mass is 16.2. The fourth-order valence-electron chi connectivity index (χ4n) is 6.29. The molecule has 6 heteroatoms. The van der Waals surface area contributed by atoms with Crippen molar-refractivity contribution in [2.24, 2.45) is 28.2 Å². The summed E-state index contributed by atoms with van der Waals surface area (Å²) in [6.45, 7) is 3.00. The number of amides is 2. The molecule has 1 aromatic rings. The van der Waals surface area contributed by atoms with E-state index < -0.39 is 17.3 Å². The van der Waals surface area contributed by atoms with Crippen LogP contribution in [0, 0.1) is 23.2 Å². The molecule has 172 valence electrons. The van der Waals surface area contributed by atoms with Crippen LogP contribution in [-0.4, -0.2) is 41.3 Å². The van der Waals surface area contributed by atoms with E-state index in [1.54, 1.807) is 6.08 Å². The van der Waals surface area contributed by atoms with E-state index in [1.807, 2.05) is 30.4 Å². The predicted molar refractivity (Wildman–Crippen MR) is 129 cm³/mol. The number of likely N-dealkylation sites (tertiary alicyclic amines) is 1. The summed E-state index contributed by atoms with van der Waals surface area (Å²) in [5.41, 5.74) is 3.51. The number of hydrogen-bond acceptors (Lipinski definition) is 5. The molecule has 2 saturated heterocycles. The highest BCUT2D eigenvalue weighted by molar-refractivity contribution is 6.18. The number of piperidine rings is 1. The van der Waals surface area contributed by atoms with Gasteiger partial charge in [-0.2, -0.15) is 0 Å². The van der Waals surface area contributed by atoms with Crippen molar-refractivity contribution >= 4 is 23.3 Å². The van der Waals surface area contributed by atoms with E-state index in [0.29, 0.717) is 12.3 Å². The Kier molecular flexibility index (Phi) is 5.06. The molecule has 1 N–H and O–H groups in total. The molecule has 5 aliphatic rings. The SMILES string of the molecule is O=C1CCC(C2C(=O)C=CC3=NC(CC4CN(Cc5ccccc5)C4)=C4C=CC=CC342)C(=O)N1. The lowest BCUT2D eigenvalue weighted by molar-refractivity contribution is -0.141. The Morgan fingerprint density at radius 3 is 2.65 bits per heavy atom. The number of aliphatic imine (C=N–C) groups is 1. The van der Waals surface area contributed by atoms with E-state index in [4.69, 9.17) is 4.99 Å². The van der Waals surface area contributed by atoms with Gasteiger partial charge in [-0.1, -0.05) is 54.6 Å². The van der Waals surface area contributed by atoms with E-state index in [-0.39, 0.29) is 24.0 Å². The van der Waals surface area contributed by atoms with E-state index in [2.05, 4.69) is 40.6 Å². The zero-order chi connectivity index (χ0) is 23.3. The van der Waals surface area contributed by atoms with Crippen LogP contribution in [0.5, 0.6) is 0 Å². The second kappa shape index (κ2) is 8.13. The van der Waals surface area contributed by atoms with Crippen molar-refractivity contribution in [2.75, 3.05) is 13.1 Å². The van der Waals surface area contributed by atoms with E-state index in [0.717, 1.165) is 43.0 Å². The number of nitrogens with zero attached hydrogens (tertiary/aromatic N) is 2. The van der Waals surface area contributed by atoms with Crippen molar-refractivity contribution in [1.82, 2.24) is 10.2 Å². The molecule has 1 aromatic carbocycles. The smallest absolute Gasteiger partial charge is 0.230 e. The molecule has 6 rings (SSSR count). The topological polar surface area (TPSA) is 78.8 Å². The van der Waals surface area contributed by atoms with Crippen molar-refractivity contribution in [2.45, 2.75) is 25.8 Å². The van der Waals surface area contributed by atoms with Crippen LogP contribution < -0.4 is 5.32 Å². The fraction of sp³-hybridized carbons (Fsp3) is 0.357. The molecule has 2 amide bonds. The van der Waals surface area contributed by atoms with Crippen molar-refractivity contribution < 1.29 is 14.4 Å². The molecule has 3 atom stereocenters. The van der Waals surface area contributed by atoms with Crippen LogP contribution in [0.25, 0.3) is 0 Å². The summed E-state index contributed by atoms with van der Waals surface area (Å²) >= 11 is 0. The summed E-state index contributed by atoms with van der Waals surface area (Å²) in [4.78, 5) is 45.3. The molecule has 0 saturated carbocycles. The number of allylic oxidation sites excluding steroid dienone is 8. The molecule has 1 spiro atoms. The van der Waals surface area contributed by atoms with Crippen LogP contribution in [0.15, 0.2) is 83.1 Å². The molecular formula is C28H27N3O3. The third-order valence-corrected chi connectivity index (χ3v) is 7.82. The minimum absolute atomic E-state index is 0.0650. The van der Waals surface area contributed by atoms with Gasteiger partial charge in [-0.3, -0.25) is 29.6 Å². The third kappa shape index (κ3) is 3.36. The monoisotopic (exact) mass is 453 g/mol. The Bertz CT molecular complexity index is 1220. The van der Waals surface area contributed by atoms with Crippen molar-refractivity contribution in [3.05, 3.63) is 83.6 Å². The van der Waals surface area contributed by atoms with Crippen LogP contribution in [-0.2, 0) is 20.9 Å². The molecular weight excluding hydrogens is 426 g/mol.